The van der Waals surface area contributed by atoms with E-state index in [0.29, 0.717) is 32.6 Å². The summed E-state index contributed by atoms with van der Waals surface area (Å²) >= 11 is 9.38. The van der Waals surface area contributed by atoms with Crippen molar-refractivity contribution in [2.24, 2.45) is 0 Å². The highest BCUT2D eigenvalue weighted by molar-refractivity contribution is 9.10. The number of piperazine rings is 1. The minimum Gasteiger partial charge on any atom is -0.491 e. The van der Waals surface area contributed by atoms with E-state index < -0.39 is 17.4 Å². The number of benzene rings is 2. The molecule has 0 saturated carbocycles. The summed E-state index contributed by atoms with van der Waals surface area (Å²) < 4.78 is 30.4. The lowest BCUT2D eigenvalue weighted by Crippen LogP contribution is -2.55. The van der Waals surface area contributed by atoms with Gasteiger partial charge in [-0.3, -0.25) is 4.90 Å². The van der Waals surface area contributed by atoms with Gasteiger partial charge in [0.15, 0.2) is 5.75 Å². The molecule has 2 aromatic rings. The van der Waals surface area contributed by atoms with Crippen LogP contribution in [0.5, 0.6) is 5.75 Å². The minimum atomic E-state index is -0.752. The molecule has 0 N–H and O–H groups in total. The Morgan fingerprint density at radius 2 is 1.89 bits per heavy atom. The Kier molecular flexibility index (Phi) is 9.60. The van der Waals surface area contributed by atoms with E-state index in [-0.39, 0.29) is 39.6 Å². The maximum atomic E-state index is 14.2. The van der Waals surface area contributed by atoms with Gasteiger partial charge in [0.05, 0.1) is 18.2 Å². The standard InChI is InChI=1S/C26H31BrClFN2O5/c1-26(2,3)36-25(33)31-12-11-30(15-17-8-6-5-7-9-17)18(16-31)10-13-35-23-19(24(32)34-4)14-20(29)21(27)22(23)28/h5-9,14,18H,10-13,15-16H2,1-4H3/t18-/m0/s1. The van der Waals surface area contributed by atoms with Crippen LogP contribution in [0.4, 0.5) is 9.18 Å². The molecule has 7 nitrogen and oxygen atoms in total. The van der Waals surface area contributed by atoms with Crippen LogP contribution in [0.3, 0.4) is 0 Å². The Bertz CT molecular complexity index is 1080. The lowest BCUT2D eigenvalue weighted by atomic mass is 10.1. The van der Waals surface area contributed by atoms with Gasteiger partial charge in [0.1, 0.15) is 22.0 Å². The molecule has 3 rings (SSSR count). The highest BCUT2D eigenvalue weighted by atomic mass is 79.9. The van der Waals surface area contributed by atoms with Gasteiger partial charge < -0.3 is 19.1 Å². The predicted octanol–water partition coefficient (Wildman–Crippen LogP) is 5.92. The average molecular weight is 586 g/mol. The number of carbonyl (C=O) groups excluding carboxylic acids is 2. The molecule has 2 aromatic carbocycles. The second-order valence-corrected chi connectivity index (χ2v) is 10.7. The van der Waals surface area contributed by atoms with Crippen LogP contribution in [0.1, 0.15) is 43.1 Å². The molecule has 1 fully saturated rings. The Morgan fingerprint density at radius 1 is 1.19 bits per heavy atom. The number of carbonyl (C=O) groups is 2. The van der Waals surface area contributed by atoms with Crippen LogP contribution in [0.15, 0.2) is 40.9 Å². The molecule has 1 amide bonds. The summed E-state index contributed by atoms with van der Waals surface area (Å²) in [6.45, 7) is 8.07. The molecule has 0 aromatic heterocycles. The summed E-state index contributed by atoms with van der Waals surface area (Å²) in [6.07, 6.45) is 0.171. The van der Waals surface area contributed by atoms with Crippen molar-refractivity contribution in [1.82, 2.24) is 9.80 Å². The first-order valence-electron chi connectivity index (χ1n) is 11.6. The van der Waals surface area contributed by atoms with E-state index >= 15 is 0 Å². The fraction of sp³-hybridized carbons (Fsp3) is 0.462. The summed E-state index contributed by atoms with van der Waals surface area (Å²) in [6, 6.07) is 11.1. The van der Waals surface area contributed by atoms with Gasteiger partial charge in [-0.05, 0) is 54.8 Å². The van der Waals surface area contributed by atoms with Gasteiger partial charge in [-0.15, -0.1) is 0 Å². The zero-order valence-corrected chi connectivity index (χ0v) is 23.2. The maximum absolute atomic E-state index is 14.2. The molecule has 0 bridgehead atoms. The Hall–Kier alpha value is -2.36. The number of methoxy groups -OCH3 is 1. The zero-order valence-electron chi connectivity index (χ0n) is 20.9. The van der Waals surface area contributed by atoms with E-state index in [0.717, 1.165) is 11.6 Å². The van der Waals surface area contributed by atoms with E-state index in [2.05, 4.69) is 33.0 Å². The zero-order chi connectivity index (χ0) is 26.5. The van der Waals surface area contributed by atoms with Crippen molar-refractivity contribution in [2.75, 3.05) is 33.4 Å². The number of amides is 1. The van der Waals surface area contributed by atoms with Gasteiger partial charge in [-0.2, -0.15) is 0 Å². The van der Waals surface area contributed by atoms with Crippen molar-refractivity contribution in [3.05, 3.63) is 62.8 Å². The van der Waals surface area contributed by atoms with Gasteiger partial charge in [-0.25, -0.2) is 14.0 Å². The van der Waals surface area contributed by atoms with Crippen molar-refractivity contribution in [2.45, 2.75) is 45.4 Å². The molecule has 1 aliphatic heterocycles. The highest BCUT2D eigenvalue weighted by Gasteiger charge is 2.32. The third-order valence-corrected chi connectivity index (χ3v) is 7.07. The SMILES string of the molecule is COC(=O)c1cc(F)c(Br)c(Cl)c1OCC[C@H]1CN(C(=O)OC(C)(C)C)CCN1Cc1ccccc1. The fourth-order valence-corrected chi connectivity index (χ4v) is 4.50. The predicted molar refractivity (Wildman–Crippen MR) is 139 cm³/mol. The van der Waals surface area contributed by atoms with Gasteiger partial charge in [-0.1, -0.05) is 41.9 Å². The van der Waals surface area contributed by atoms with Crippen molar-refractivity contribution in [3.8, 4) is 5.75 Å². The van der Waals surface area contributed by atoms with Crippen molar-refractivity contribution in [3.63, 3.8) is 0 Å². The van der Waals surface area contributed by atoms with Crippen LogP contribution in [0.2, 0.25) is 5.02 Å². The number of rotatable bonds is 7. The molecule has 10 heteroatoms. The summed E-state index contributed by atoms with van der Waals surface area (Å²) in [5.41, 5.74) is 0.476. The molecule has 1 saturated heterocycles. The van der Waals surface area contributed by atoms with Crippen LogP contribution in [0, 0.1) is 5.82 Å². The Morgan fingerprint density at radius 3 is 2.53 bits per heavy atom. The largest absolute Gasteiger partial charge is 0.491 e. The first-order chi connectivity index (χ1) is 17.0. The lowest BCUT2D eigenvalue weighted by molar-refractivity contribution is -0.000432. The van der Waals surface area contributed by atoms with E-state index in [9.17, 15) is 14.0 Å². The Labute approximate surface area is 224 Å². The first kappa shape index (κ1) is 28.2. The number of ether oxygens (including phenoxy) is 3. The smallest absolute Gasteiger partial charge is 0.410 e. The maximum Gasteiger partial charge on any atom is 0.410 e. The Balaban J connectivity index is 1.76. The van der Waals surface area contributed by atoms with Crippen molar-refractivity contribution < 1.29 is 28.2 Å². The third kappa shape index (κ3) is 7.33. The number of hydrogen-bond acceptors (Lipinski definition) is 6. The monoisotopic (exact) mass is 584 g/mol. The second kappa shape index (κ2) is 12.3. The lowest BCUT2D eigenvalue weighted by Gasteiger charge is -2.41. The topological polar surface area (TPSA) is 68.3 Å². The number of nitrogens with zero attached hydrogens (tertiary/aromatic N) is 2. The number of hydrogen-bond donors (Lipinski definition) is 0. The van der Waals surface area contributed by atoms with Crippen molar-refractivity contribution in [1.29, 1.82) is 0 Å². The molecule has 0 aliphatic carbocycles. The first-order valence-corrected chi connectivity index (χ1v) is 12.8. The molecule has 0 radical (unpaired) electrons. The van der Waals surface area contributed by atoms with Gasteiger partial charge in [0.2, 0.25) is 0 Å². The van der Waals surface area contributed by atoms with Crippen LogP contribution in [-0.4, -0.2) is 66.9 Å². The quantitative estimate of drug-likeness (QED) is 0.297. The molecular formula is C26H31BrClFN2O5. The molecule has 196 valence electrons. The number of esters is 1. The number of halogens is 3. The van der Waals surface area contributed by atoms with Crippen molar-refractivity contribution >= 4 is 39.6 Å². The van der Waals surface area contributed by atoms with Crippen LogP contribution >= 0.6 is 27.5 Å². The van der Waals surface area contributed by atoms with Crippen LogP contribution < -0.4 is 4.74 Å². The minimum absolute atomic E-state index is 0.00583. The summed E-state index contributed by atoms with van der Waals surface area (Å²) in [7, 11) is 1.20. The summed E-state index contributed by atoms with van der Waals surface area (Å²) in [5, 5.41) is -0.0458. The van der Waals surface area contributed by atoms with E-state index in [1.165, 1.54) is 7.11 Å². The molecule has 36 heavy (non-hydrogen) atoms. The van der Waals surface area contributed by atoms with E-state index in [1.54, 1.807) is 4.90 Å². The molecule has 0 unspecified atom stereocenters. The normalized spacial score (nSPS) is 16.5. The molecule has 1 aliphatic rings. The van der Waals surface area contributed by atoms with Gasteiger partial charge in [0.25, 0.3) is 0 Å². The molecule has 0 spiro atoms. The highest BCUT2D eigenvalue weighted by Crippen LogP contribution is 2.38. The van der Waals surface area contributed by atoms with E-state index in [4.69, 9.17) is 25.8 Å². The molecule has 1 heterocycles. The summed E-state index contributed by atoms with van der Waals surface area (Å²) in [4.78, 5) is 28.9. The van der Waals surface area contributed by atoms with Crippen LogP contribution in [-0.2, 0) is 16.0 Å². The fourth-order valence-electron chi connectivity index (χ4n) is 3.96. The summed E-state index contributed by atoms with van der Waals surface area (Å²) in [5.74, 6) is -1.40. The molecule has 1 atom stereocenters. The molecular weight excluding hydrogens is 555 g/mol. The second-order valence-electron chi connectivity index (χ2n) is 9.53. The van der Waals surface area contributed by atoms with Crippen LogP contribution in [0.25, 0.3) is 0 Å². The third-order valence-electron chi connectivity index (χ3n) is 5.71. The van der Waals surface area contributed by atoms with Gasteiger partial charge in [0, 0.05) is 32.2 Å². The van der Waals surface area contributed by atoms with E-state index in [1.807, 2.05) is 39.0 Å². The van der Waals surface area contributed by atoms with Gasteiger partial charge >= 0.3 is 12.1 Å². The average Bonchev–Trinajstić information content (AvgIpc) is 2.83.